The smallest absolute Gasteiger partial charge is 0.167 e. The maximum absolute atomic E-state index is 11.1. The first-order valence-corrected chi connectivity index (χ1v) is 16.9. The van der Waals surface area contributed by atoms with Crippen LogP contribution >= 0.6 is 0 Å². The molecular formula is C38H49N3O8. The SMILES string of the molecule is CCCCOCC(O)COc1ccc(-c2nc(-c3ccc(OCC(O)COCCCC)cc3O)nc(-c3c(C)cc(C)cc3C)n2)c(O)c1. The minimum Gasteiger partial charge on any atom is -0.507 e. The molecule has 3 aromatic carbocycles. The van der Waals surface area contributed by atoms with Crippen LogP contribution < -0.4 is 9.47 Å². The Morgan fingerprint density at radius 3 is 1.43 bits per heavy atom. The number of phenolic OH excluding ortho intramolecular Hbond substituents is 2. The lowest BCUT2D eigenvalue weighted by Gasteiger charge is -2.15. The second-order valence-corrected chi connectivity index (χ2v) is 12.2. The highest BCUT2D eigenvalue weighted by molar-refractivity contribution is 5.74. The molecule has 49 heavy (non-hydrogen) atoms. The number of aliphatic hydroxyl groups excluding tert-OH is 2. The van der Waals surface area contributed by atoms with Crippen molar-refractivity contribution in [2.75, 3.05) is 39.6 Å². The van der Waals surface area contributed by atoms with Crippen molar-refractivity contribution in [1.29, 1.82) is 0 Å². The largest absolute Gasteiger partial charge is 0.507 e. The third-order valence-corrected chi connectivity index (χ3v) is 7.75. The van der Waals surface area contributed by atoms with E-state index in [4.69, 9.17) is 28.9 Å². The van der Waals surface area contributed by atoms with Gasteiger partial charge in [-0.05, 0) is 69.0 Å². The lowest BCUT2D eigenvalue weighted by atomic mass is 9.99. The molecule has 0 saturated heterocycles. The van der Waals surface area contributed by atoms with Crippen molar-refractivity contribution >= 4 is 0 Å². The molecule has 2 atom stereocenters. The summed E-state index contributed by atoms with van der Waals surface area (Å²) < 4.78 is 22.3. The summed E-state index contributed by atoms with van der Waals surface area (Å²) in [6, 6.07) is 13.6. The van der Waals surface area contributed by atoms with Crippen LogP contribution in [0, 0.1) is 20.8 Å². The summed E-state index contributed by atoms with van der Waals surface area (Å²) >= 11 is 0. The van der Waals surface area contributed by atoms with Gasteiger partial charge in [0.05, 0.1) is 24.3 Å². The lowest BCUT2D eigenvalue weighted by Crippen LogP contribution is -2.23. The first-order chi connectivity index (χ1) is 23.6. The summed E-state index contributed by atoms with van der Waals surface area (Å²) in [5, 5.41) is 42.6. The maximum Gasteiger partial charge on any atom is 0.167 e. The molecule has 0 bridgehead atoms. The van der Waals surface area contributed by atoms with Gasteiger partial charge in [0, 0.05) is 30.9 Å². The van der Waals surface area contributed by atoms with E-state index in [2.05, 4.69) is 18.8 Å². The summed E-state index contributed by atoms with van der Waals surface area (Å²) in [5.41, 5.74) is 4.52. The standard InChI is InChI=1S/C38H49N3O8/c1-6-8-14-46-20-27(42)22-48-29-10-12-31(33(44)18-29)36-39-37(41-38(40-36)35-25(4)16-24(3)17-26(35)5)32-13-11-30(19-34(32)45)49-23-28(43)21-47-15-9-7-2/h10-13,16-19,27-28,42-45H,6-9,14-15,20-23H2,1-5H3. The Kier molecular flexibility index (Phi) is 14.1. The van der Waals surface area contributed by atoms with Gasteiger partial charge in [0.25, 0.3) is 0 Å². The van der Waals surface area contributed by atoms with Gasteiger partial charge >= 0.3 is 0 Å². The quantitative estimate of drug-likeness (QED) is 0.0825. The predicted molar refractivity (Wildman–Crippen MR) is 188 cm³/mol. The van der Waals surface area contributed by atoms with Gasteiger partial charge in [0.1, 0.15) is 48.4 Å². The van der Waals surface area contributed by atoms with Crippen LogP contribution in [0.5, 0.6) is 23.0 Å². The van der Waals surface area contributed by atoms with Crippen molar-refractivity contribution in [3.8, 4) is 57.2 Å². The molecule has 0 saturated carbocycles. The van der Waals surface area contributed by atoms with Crippen LogP contribution in [0.1, 0.15) is 56.2 Å². The molecule has 0 spiro atoms. The summed E-state index contributed by atoms with van der Waals surface area (Å²) in [6.45, 7) is 11.6. The number of benzene rings is 3. The van der Waals surface area contributed by atoms with E-state index in [0.717, 1.165) is 47.9 Å². The minimum atomic E-state index is -0.813. The molecule has 264 valence electrons. The topological polar surface area (TPSA) is 157 Å². The molecule has 0 fully saturated rings. The molecule has 11 heteroatoms. The Hall–Kier alpha value is -4.29. The number of aromatic hydroxyl groups is 2. The summed E-state index contributed by atoms with van der Waals surface area (Å²) in [4.78, 5) is 14.2. The summed E-state index contributed by atoms with van der Waals surface area (Å²) in [7, 11) is 0. The molecule has 0 radical (unpaired) electrons. The number of phenols is 2. The Balaban J connectivity index is 1.61. The molecule has 0 aliphatic carbocycles. The first-order valence-electron chi connectivity index (χ1n) is 16.9. The zero-order valence-corrected chi connectivity index (χ0v) is 29.1. The molecule has 2 unspecified atom stereocenters. The van der Waals surface area contributed by atoms with Crippen LogP contribution in [0.2, 0.25) is 0 Å². The summed E-state index contributed by atoms with van der Waals surface area (Å²) in [5.74, 6) is 1.23. The second kappa shape index (κ2) is 18.5. The van der Waals surface area contributed by atoms with E-state index in [9.17, 15) is 20.4 Å². The highest BCUT2D eigenvalue weighted by Crippen LogP contribution is 2.36. The number of unbranched alkanes of at least 4 members (excludes halogenated alkanes) is 2. The number of aliphatic hydroxyl groups is 2. The third-order valence-electron chi connectivity index (χ3n) is 7.75. The van der Waals surface area contributed by atoms with Crippen LogP contribution in [-0.4, -0.2) is 87.2 Å². The Labute approximate surface area is 288 Å². The third kappa shape index (κ3) is 10.9. The fourth-order valence-corrected chi connectivity index (χ4v) is 5.25. The predicted octanol–water partition coefficient (Wildman–Crippen LogP) is 6.32. The van der Waals surface area contributed by atoms with Gasteiger partial charge in [-0.2, -0.15) is 0 Å². The van der Waals surface area contributed by atoms with Crippen LogP contribution in [-0.2, 0) is 9.47 Å². The molecule has 4 rings (SSSR count). The Bertz CT molecular complexity index is 1550. The van der Waals surface area contributed by atoms with Crippen molar-refractivity contribution in [2.45, 2.75) is 72.5 Å². The zero-order valence-electron chi connectivity index (χ0n) is 29.1. The number of hydrogen-bond acceptors (Lipinski definition) is 11. The van der Waals surface area contributed by atoms with Gasteiger partial charge in [-0.25, -0.2) is 15.0 Å². The van der Waals surface area contributed by atoms with Crippen molar-refractivity contribution in [3.05, 3.63) is 65.2 Å². The average molecular weight is 676 g/mol. The molecule has 0 aliphatic rings. The molecule has 11 nitrogen and oxygen atoms in total. The Morgan fingerprint density at radius 1 is 0.592 bits per heavy atom. The van der Waals surface area contributed by atoms with Crippen molar-refractivity contribution in [1.82, 2.24) is 15.0 Å². The number of aromatic nitrogens is 3. The second-order valence-electron chi connectivity index (χ2n) is 12.2. The number of hydrogen-bond donors (Lipinski definition) is 4. The number of nitrogens with zero attached hydrogens (tertiary/aromatic N) is 3. The number of aryl methyl sites for hydroxylation is 3. The van der Waals surface area contributed by atoms with E-state index in [1.165, 1.54) is 12.1 Å². The molecule has 4 N–H and O–H groups in total. The van der Waals surface area contributed by atoms with E-state index in [1.54, 1.807) is 24.3 Å². The fraction of sp³-hybridized carbons (Fsp3) is 0.447. The lowest BCUT2D eigenvalue weighted by molar-refractivity contribution is 0.0113. The molecule has 1 heterocycles. The van der Waals surface area contributed by atoms with E-state index < -0.39 is 12.2 Å². The normalized spacial score (nSPS) is 12.6. The van der Waals surface area contributed by atoms with E-state index in [-0.39, 0.29) is 49.6 Å². The molecule has 0 aliphatic heterocycles. The van der Waals surface area contributed by atoms with Crippen molar-refractivity contribution < 1.29 is 39.4 Å². The van der Waals surface area contributed by atoms with Gasteiger partial charge in [-0.15, -0.1) is 0 Å². The van der Waals surface area contributed by atoms with Crippen LogP contribution in [0.3, 0.4) is 0 Å². The van der Waals surface area contributed by atoms with Gasteiger partial charge < -0.3 is 39.4 Å². The summed E-state index contributed by atoms with van der Waals surface area (Å²) in [6.07, 6.45) is 2.24. The van der Waals surface area contributed by atoms with Gasteiger partial charge in [-0.3, -0.25) is 0 Å². The van der Waals surface area contributed by atoms with Crippen molar-refractivity contribution in [3.63, 3.8) is 0 Å². The van der Waals surface area contributed by atoms with Gasteiger partial charge in [0.2, 0.25) is 0 Å². The zero-order chi connectivity index (χ0) is 35.3. The number of ether oxygens (including phenoxy) is 4. The van der Waals surface area contributed by atoms with E-state index in [0.29, 0.717) is 41.7 Å². The van der Waals surface area contributed by atoms with Crippen molar-refractivity contribution in [2.24, 2.45) is 0 Å². The molecule has 1 aromatic heterocycles. The minimum absolute atomic E-state index is 0.00161. The Morgan fingerprint density at radius 2 is 1.02 bits per heavy atom. The fourth-order valence-electron chi connectivity index (χ4n) is 5.25. The average Bonchev–Trinajstić information content (AvgIpc) is 3.06. The van der Waals surface area contributed by atoms with Crippen LogP contribution in [0.15, 0.2) is 48.5 Å². The van der Waals surface area contributed by atoms with E-state index in [1.807, 2.05) is 32.9 Å². The van der Waals surface area contributed by atoms with Crippen LogP contribution in [0.25, 0.3) is 34.2 Å². The first kappa shape index (κ1) is 37.5. The van der Waals surface area contributed by atoms with Crippen LogP contribution in [0.4, 0.5) is 0 Å². The molecular weight excluding hydrogens is 626 g/mol. The van der Waals surface area contributed by atoms with Gasteiger partial charge in [0.15, 0.2) is 17.5 Å². The highest BCUT2D eigenvalue weighted by Gasteiger charge is 2.20. The monoisotopic (exact) mass is 675 g/mol. The number of rotatable bonds is 19. The molecule has 0 amide bonds. The molecule has 4 aromatic rings. The van der Waals surface area contributed by atoms with Gasteiger partial charge in [-0.1, -0.05) is 44.4 Å². The van der Waals surface area contributed by atoms with E-state index >= 15 is 0 Å². The highest BCUT2D eigenvalue weighted by atomic mass is 16.5. The maximum atomic E-state index is 11.1.